The molecule has 0 radical (unpaired) electrons. The van der Waals surface area contributed by atoms with Crippen LogP contribution in [-0.4, -0.2) is 41.1 Å². The summed E-state index contributed by atoms with van der Waals surface area (Å²) in [6.45, 7) is 3.95. The Bertz CT molecular complexity index is 537. The zero-order valence-electron chi connectivity index (χ0n) is 13.9. The summed E-state index contributed by atoms with van der Waals surface area (Å²) in [4.78, 5) is 34.3. The van der Waals surface area contributed by atoms with E-state index in [1.807, 2.05) is 44.2 Å². The van der Waals surface area contributed by atoms with Gasteiger partial charge >= 0.3 is 5.97 Å². The molecule has 1 aromatic rings. The number of aliphatic carboxylic acids is 1. The van der Waals surface area contributed by atoms with Crippen LogP contribution in [0, 0.1) is 5.92 Å². The molecule has 0 aliphatic rings. The van der Waals surface area contributed by atoms with Gasteiger partial charge in [0.05, 0.1) is 11.8 Å². The third kappa shape index (κ3) is 7.61. The Kier molecular flexibility index (Phi) is 9.11. The number of nitrogens with one attached hydrogen (secondary N) is 2. The van der Waals surface area contributed by atoms with Gasteiger partial charge < -0.3 is 15.2 Å². The molecule has 0 aliphatic carbocycles. The number of hydrogen-bond acceptors (Lipinski definition) is 5. The average molecular weight is 352 g/mol. The summed E-state index contributed by atoms with van der Waals surface area (Å²) >= 11 is 1.14. The molecular formula is C17H24N2O4S. The molecule has 0 aromatic heterocycles. The number of hydrogen-bond donors (Lipinski definition) is 3. The molecule has 24 heavy (non-hydrogen) atoms. The van der Waals surface area contributed by atoms with Crippen LogP contribution in [0.5, 0.6) is 0 Å². The van der Waals surface area contributed by atoms with Crippen LogP contribution in [0.1, 0.15) is 25.8 Å². The predicted molar refractivity (Wildman–Crippen MR) is 94.6 cm³/mol. The van der Waals surface area contributed by atoms with E-state index in [2.05, 4.69) is 10.0 Å². The molecule has 1 aromatic carbocycles. The maximum atomic E-state index is 12.4. The molecule has 0 spiro atoms. The predicted octanol–water partition coefficient (Wildman–Crippen LogP) is 1.65. The largest absolute Gasteiger partial charge is 0.480 e. The Hall–Kier alpha value is -1.86. The maximum Gasteiger partial charge on any atom is 0.326 e. The van der Waals surface area contributed by atoms with Crippen molar-refractivity contribution in [1.29, 1.82) is 0 Å². The van der Waals surface area contributed by atoms with Crippen molar-refractivity contribution in [3.63, 3.8) is 0 Å². The van der Waals surface area contributed by atoms with Crippen molar-refractivity contribution in [2.24, 2.45) is 5.92 Å². The van der Waals surface area contributed by atoms with Crippen LogP contribution in [0.3, 0.4) is 0 Å². The van der Waals surface area contributed by atoms with E-state index < -0.39 is 18.1 Å². The highest BCUT2D eigenvalue weighted by molar-refractivity contribution is 7.98. The number of carbonyl (C=O) groups excluding carboxylic acids is 2. The summed E-state index contributed by atoms with van der Waals surface area (Å²) in [5, 5.41) is 12.0. The number of aldehydes is 1. The van der Waals surface area contributed by atoms with Crippen LogP contribution < -0.4 is 10.0 Å². The molecule has 0 aliphatic heterocycles. The van der Waals surface area contributed by atoms with Crippen molar-refractivity contribution in [2.45, 2.75) is 38.8 Å². The molecular weight excluding hydrogens is 328 g/mol. The van der Waals surface area contributed by atoms with Gasteiger partial charge in [-0.25, -0.2) is 4.79 Å². The number of amides is 1. The lowest BCUT2D eigenvalue weighted by Gasteiger charge is -2.22. The standard InChI is InChI=1S/C17H24N2O4S/c1-12(2)10-14(19-24-9-8-20)16(21)18-15(17(22)23)11-13-6-4-3-5-7-13/h3-8,12,14-15,19H,9-11H2,1-2H3,(H,18,21)(H,22,23)/t14-,15-/m0/s1. The third-order valence-corrected chi connectivity index (χ3v) is 4.05. The van der Waals surface area contributed by atoms with Crippen LogP contribution in [0.15, 0.2) is 30.3 Å². The molecule has 0 bridgehead atoms. The smallest absolute Gasteiger partial charge is 0.326 e. The Labute approximate surface area is 146 Å². The first-order chi connectivity index (χ1) is 11.4. The van der Waals surface area contributed by atoms with E-state index in [-0.39, 0.29) is 24.0 Å². The van der Waals surface area contributed by atoms with Crippen LogP contribution in [-0.2, 0) is 20.8 Å². The third-order valence-electron chi connectivity index (χ3n) is 3.30. The van der Waals surface area contributed by atoms with Gasteiger partial charge in [0.1, 0.15) is 12.3 Å². The number of carboxylic acid groups (broad SMARTS) is 1. The molecule has 0 unspecified atom stereocenters. The highest BCUT2D eigenvalue weighted by Gasteiger charge is 2.26. The van der Waals surface area contributed by atoms with Gasteiger partial charge in [-0.15, -0.1) is 0 Å². The second-order valence-electron chi connectivity index (χ2n) is 5.87. The summed E-state index contributed by atoms with van der Waals surface area (Å²) in [6.07, 6.45) is 1.52. The summed E-state index contributed by atoms with van der Waals surface area (Å²) in [5.74, 6) is -0.960. The number of benzene rings is 1. The number of carbonyl (C=O) groups is 3. The van der Waals surface area contributed by atoms with Gasteiger partial charge in [0, 0.05) is 6.42 Å². The van der Waals surface area contributed by atoms with E-state index in [1.54, 1.807) is 0 Å². The first-order valence-corrected chi connectivity index (χ1v) is 8.80. The van der Waals surface area contributed by atoms with Gasteiger partial charge in [-0.05, 0) is 17.9 Å². The fraction of sp³-hybridized carbons (Fsp3) is 0.471. The zero-order chi connectivity index (χ0) is 17.9. The van der Waals surface area contributed by atoms with Gasteiger partial charge in [-0.3, -0.25) is 9.52 Å². The lowest BCUT2D eigenvalue weighted by molar-refractivity contribution is -0.142. The van der Waals surface area contributed by atoms with Crippen molar-refractivity contribution >= 4 is 30.1 Å². The van der Waals surface area contributed by atoms with Crippen molar-refractivity contribution in [3.8, 4) is 0 Å². The first kappa shape index (κ1) is 20.2. The molecule has 0 saturated carbocycles. The van der Waals surface area contributed by atoms with E-state index in [1.165, 1.54) is 0 Å². The second-order valence-corrected chi connectivity index (χ2v) is 6.72. The highest BCUT2D eigenvalue weighted by Crippen LogP contribution is 2.10. The summed E-state index contributed by atoms with van der Waals surface area (Å²) in [7, 11) is 0. The van der Waals surface area contributed by atoms with Gasteiger partial charge in [-0.1, -0.05) is 56.1 Å². The van der Waals surface area contributed by atoms with Crippen molar-refractivity contribution in [2.75, 3.05) is 5.75 Å². The molecule has 1 rings (SSSR count). The highest BCUT2D eigenvalue weighted by atomic mass is 32.2. The van der Waals surface area contributed by atoms with Gasteiger partial charge in [0.25, 0.3) is 0 Å². The Morgan fingerprint density at radius 1 is 1.21 bits per heavy atom. The number of carboxylic acids is 1. The van der Waals surface area contributed by atoms with E-state index in [4.69, 9.17) is 0 Å². The molecule has 0 fully saturated rings. The second kappa shape index (κ2) is 10.8. The fourth-order valence-electron chi connectivity index (χ4n) is 2.18. The van der Waals surface area contributed by atoms with Crippen LogP contribution in [0.2, 0.25) is 0 Å². The quantitative estimate of drug-likeness (QED) is 0.318. The van der Waals surface area contributed by atoms with Crippen LogP contribution in [0.4, 0.5) is 0 Å². The van der Waals surface area contributed by atoms with Gasteiger partial charge in [0.15, 0.2) is 0 Å². The lowest BCUT2D eigenvalue weighted by atomic mass is 10.0. The molecule has 132 valence electrons. The molecule has 6 nitrogen and oxygen atoms in total. The summed E-state index contributed by atoms with van der Waals surface area (Å²) < 4.78 is 2.94. The summed E-state index contributed by atoms with van der Waals surface area (Å²) in [5.41, 5.74) is 0.842. The van der Waals surface area contributed by atoms with Gasteiger partial charge in [0.2, 0.25) is 5.91 Å². The maximum absolute atomic E-state index is 12.4. The van der Waals surface area contributed by atoms with Gasteiger partial charge in [-0.2, -0.15) is 0 Å². The summed E-state index contributed by atoms with van der Waals surface area (Å²) in [6, 6.07) is 7.62. The molecule has 0 heterocycles. The van der Waals surface area contributed by atoms with E-state index in [0.29, 0.717) is 6.42 Å². The van der Waals surface area contributed by atoms with E-state index >= 15 is 0 Å². The topological polar surface area (TPSA) is 95.5 Å². The Morgan fingerprint density at radius 3 is 2.42 bits per heavy atom. The van der Waals surface area contributed by atoms with Crippen molar-refractivity contribution in [1.82, 2.24) is 10.0 Å². The van der Waals surface area contributed by atoms with Crippen LogP contribution >= 0.6 is 11.9 Å². The van der Waals surface area contributed by atoms with Crippen molar-refractivity contribution < 1.29 is 19.5 Å². The first-order valence-electron chi connectivity index (χ1n) is 7.82. The minimum atomic E-state index is -1.07. The fourth-order valence-corrected chi connectivity index (χ4v) is 2.75. The number of rotatable bonds is 11. The lowest BCUT2D eigenvalue weighted by Crippen LogP contribution is -2.50. The monoisotopic (exact) mass is 352 g/mol. The minimum Gasteiger partial charge on any atom is -0.480 e. The Balaban J connectivity index is 2.72. The minimum absolute atomic E-state index is 0.220. The van der Waals surface area contributed by atoms with E-state index in [0.717, 1.165) is 23.8 Å². The van der Waals surface area contributed by atoms with E-state index in [9.17, 15) is 19.5 Å². The zero-order valence-corrected chi connectivity index (χ0v) is 14.7. The SMILES string of the molecule is CC(C)C[C@H](NSCC=O)C(=O)N[C@@H](Cc1ccccc1)C(=O)O. The normalized spacial score (nSPS) is 13.3. The molecule has 1 amide bonds. The molecule has 3 N–H and O–H groups in total. The molecule has 2 atom stereocenters. The molecule has 7 heteroatoms. The average Bonchev–Trinajstić information content (AvgIpc) is 2.54. The molecule has 0 saturated heterocycles. The van der Waals surface area contributed by atoms with Crippen molar-refractivity contribution in [3.05, 3.63) is 35.9 Å². The van der Waals surface area contributed by atoms with Crippen LogP contribution in [0.25, 0.3) is 0 Å². The Morgan fingerprint density at radius 2 is 1.88 bits per heavy atom.